The van der Waals surface area contributed by atoms with Crippen LogP contribution in [-0.4, -0.2) is 17.0 Å². The van der Waals surface area contributed by atoms with Crippen LogP contribution in [0.1, 0.15) is 15.9 Å². The number of non-ortho nitro benzene ring substituents is 1. The molecule has 2 aromatic rings. The summed E-state index contributed by atoms with van der Waals surface area (Å²) in [5.74, 6) is -0.455. The highest BCUT2D eigenvalue weighted by Crippen LogP contribution is 2.12. The summed E-state index contributed by atoms with van der Waals surface area (Å²) in [5, 5.41) is 14.9. The first-order valence-corrected chi connectivity index (χ1v) is 6.27. The van der Waals surface area contributed by atoms with Gasteiger partial charge >= 0.3 is 0 Å². The van der Waals surface area contributed by atoms with Crippen molar-refractivity contribution < 1.29 is 9.72 Å². The molecule has 6 nitrogen and oxygen atoms in total. The van der Waals surface area contributed by atoms with Gasteiger partial charge in [-0.15, -0.1) is 0 Å². The summed E-state index contributed by atoms with van der Waals surface area (Å²) in [6, 6.07) is 12.2. The molecule has 0 radical (unpaired) electrons. The summed E-state index contributed by atoms with van der Waals surface area (Å²) in [6.45, 7) is 0. The Morgan fingerprint density at radius 2 is 1.95 bits per heavy atom. The molecule has 0 aliphatic carbocycles. The van der Waals surface area contributed by atoms with Gasteiger partial charge in [-0.1, -0.05) is 23.7 Å². The fourth-order valence-corrected chi connectivity index (χ4v) is 1.75. The molecule has 1 amide bonds. The largest absolute Gasteiger partial charge is 0.271 e. The molecular formula is C14H10ClN3O3. The zero-order valence-corrected chi connectivity index (χ0v) is 11.4. The third kappa shape index (κ3) is 4.12. The minimum atomic E-state index is -0.529. The van der Waals surface area contributed by atoms with E-state index in [4.69, 9.17) is 11.6 Å². The maximum Gasteiger partial charge on any atom is 0.271 e. The Morgan fingerprint density at radius 1 is 1.24 bits per heavy atom. The van der Waals surface area contributed by atoms with Crippen molar-refractivity contribution >= 4 is 29.4 Å². The molecule has 0 saturated carbocycles. The van der Waals surface area contributed by atoms with Crippen molar-refractivity contribution in [3.8, 4) is 0 Å². The summed E-state index contributed by atoms with van der Waals surface area (Å²) in [5.41, 5.74) is 3.28. The molecule has 0 heterocycles. The van der Waals surface area contributed by atoms with Crippen LogP contribution < -0.4 is 5.43 Å². The Balaban J connectivity index is 2.00. The SMILES string of the molecule is O=C(N/N=C/c1cccc(Cl)c1)c1ccc([N+](=O)[O-])cc1. The molecule has 0 aliphatic heterocycles. The summed E-state index contributed by atoms with van der Waals surface area (Å²) in [4.78, 5) is 21.7. The Kier molecular flexibility index (Phi) is 4.63. The van der Waals surface area contributed by atoms with Gasteiger partial charge in [0.1, 0.15) is 0 Å². The van der Waals surface area contributed by atoms with Crippen molar-refractivity contribution in [1.82, 2.24) is 5.43 Å². The van der Waals surface area contributed by atoms with E-state index >= 15 is 0 Å². The molecule has 0 unspecified atom stereocenters. The van der Waals surface area contributed by atoms with Crippen molar-refractivity contribution in [3.05, 3.63) is 74.8 Å². The number of nitrogens with zero attached hydrogens (tertiary/aromatic N) is 2. The number of amides is 1. The van der Waals surface area contributed by atoms with Gasteiger partial charge in [0.2, 0.25) is 0 Å². The van der Waals surface area contributed by atoms with E-state index in [1.807, 2.05) is 0 Å². The molecule has 0 bridgehead atoms. The summed E-state index contributed by atoms with van der Waals surface area (Å²) in [7, 11) is 0. The topological polar surface area (TPSA) is 84.6 Å². The number of nitrogens with one attached hydrogen (secondary N) is 1. The summed E-state index contributed by atoms with van der Waals surface area (Å²) < 4.78 is 0. The second kappa shape index (κ2) is 6.62. The van der Waals surface area contributed by atoms with Crippen molar-refractivity contribution in [2.24, 2.45) is 5.10 Å². The molecule has 1 N–H and O–H groups in total. The lowest BCUT2D eigenvalue weighted by Crippen LogP contribution is -2.17. The molecule has 0 saturated heterocycles. The third-order valence-corrected chi connectivity index (χ3v) is 2.80. The van der Waals surface area contributed by atoms with Crippen molar-refractivity contribution in [1.29, 1.82) is 0 Å². The number of nitro groups is 1. The molecule has 0 atom stereocenters. The quantitative estimate of drug-likeness (QED) is 0.535. The minimum Gasteiger partial charge on any atom is -0.267 e. The van der Waals surface area contributed by atoms with Gasteiger partial charge in [-0.3, -0.25) is 14.9 Å². The number of nitro benzene ring substituents is 1. The highest BCUT2D eigenvalue weighted by molar-refractivity contribution is 6.30. The van der Waals surface area contributed by atoms with Gasteiger partial charge in [0.05, 0.1) is 11.1 Å². The van der Waals surface area contributed by atoms with Crippen LogP contribution in [0.15, 0.2) is 53.6 Å². The van der Waals surface area contributed by atoms with Crippen LogP contribution in [0.25, 0.3) is 0 Å². The third-order valence-electron chi connectivity index (χ3n) is 2.57. The average Bonchev–Trinajstić information content (AvgIpc) is 2.47. The standard InChI is InChI=1S/C14H10ClN3O3/c15-12-3-1-2-10(8-12)9-16-17-14(19)11-4-6-13(7-5-11)18(20)21/h1-9H,(H,17,19)/b16-9+. The molecule has 0 aromatic heterocycles. The normalized spacial score (nSPS) is 10.5. The van der Waals surface area contributed by atoms with E-state index in [0.29, 0.717) is 5.02 Å². The molecular weight excluding hydrogens is 294 g/mol. The Bertz CT molecular complexity index is 699. The predicted octanol–water partition coefficient (Wildman–Crippen LogP) is 3.01. The summed E-state index contributed by atoms with van der Waals surface area (Å²) in [6.07, 6.45) is 1.45. The van der Waals surface area contributed by atoms with Crippen molar-refractivity contribution in [3.63, 3.8) is 0 Å². The van der Waals surface area contributed by atoms with Crippen LogP contribution in [0.5, 0.6) is 0 Å². The van der Waals surface area contributed by atoms with E-state index in [2.05, 4.69) is 10.5 Å². The highest BCUT2D eigenvalue weighted by Gasteiger charge is 2.08. The lowest BCUT2D eigenvalue weighted by molar-refractivity contribution is -0.384. The number of carbonyl (C=O) groups excluding carboxylic acids is 1. The van der Waals surface area contributed by atoms with E-state index < -0.39 is 10.8 Å². The number of hydrogen-bond donors (Lipinski definition) is 1. The van der Waals surface area contributed by atoms with Crippen molar-refractivity contribution in [2.45, 2.75) is 0 Å². The molecule has 2 rings (SSSR count). The second-order valence-electron chi connectivity index (χ2n) is 4.06. The number of rotatable bonds is 4. The van der Waals surface area contributed by atoms with Crippen LogP contribution in [0.4, 0.5) is 5.69 Å². The number of benzene rings is 2. The van der Waals surface area contributed by atoms with Gasteiger partial charge in [0.25, 0.3) is 11.6 Å². The van der Waals surface area contributed by atoms with Crippen LogP contribution in [-0.2, 0) is 0 Å². The Labute approximate surface area is 125 Å². The van der Waals surface area contributed by atoms with E-state index in [1.165, 1.54) is 30.5 Å². The predicted molar refractivity (Wildman–Crippen MR) is 79.6 cm³/mol. The maximum absolute atomic E-state index is 11.8. The number of hydrazone groups is 1. The summed E-state index contributed by atoms with van der Waals surface area (Å²) >= 11 is 5.82. The molecule has 21 heavy (non-hydrogen) atoms. The smallest absolute Gasteiger partial charge is 0.267 e. The first-order chi connectivity index (χ1) is 10.1. The number of carbonyl (C=O) groups is 1. The Hall–Kier alpha value is -2.73. The fraction of sp³-hybridized carbons (Fsp3) is 0. The van der Waals surface area contributed by atoms with Gasteiger partial charge in [-0.2, -0.15) is 5.10 Å². The zero-order valence-electron chi connectivity index (χ0n) is 10.7. The van der Waals surface area contributed by atoms with Crippen LogP contribution >= 0.6 is 11.6 Å². The lowest BCUT2D eigenvalue weighted by atomic mass is 10.2. The van der Waals surface area contributed by atoms with E-state index in [0.717, 1.165) is 5.56 Å². The van der Waals surface area contributed by atoms with Crippen LogP contribution in [0.2, 0.25) is 5.02 Å². The lowest BCUT2D eigenvalue weighted by Gasteiger charge is -1.99. The fourth-order valence-electron chi connectivity index (χ4n) is 1.55. The minimum absolute atomic E-state index is 0.0750. The van der Waals surface area contributed by atoms with Crippen LogP contribution in [0.3, 0.4) is 0 Å². The molecule has 0 aliphatic rings. The number of halogens is 1. The first kappa shape index (κ1) is 14.7. The number of hydrogen-bond acceptors (Lipinski definition) is 4. The van der Waals surface area contributed by atoms with Gasteiger partial charge in [-0.25, -0.2) is 5.43 Å². The van der Waals surface area contributed by atoms with Crippen molar-refractivity contribution in [2.75, 3.05) is 0 Å². The van der Waals surface area contributed by atoms with Gasteiger partial charge in [0.15, 0.2) is 0 Å². The maximum atomic E-state index is 11.8. The molecule has 2 aromatic carbocycles. The highest BCUT2D eigenvalue weighted by atomic mass is 35.5. The molecule has 0 spiro atoms. The molecule has 7 heteroatoms. The van der Waals surface area contributed by atoms with Gasteiger partial charge in [0, 0.05) is 22.7 Å². The van der Waals surface area contributed by atoms with Gasteiger partial charge in [-0.05, 0) is 29.8 Å². The Morgan fingerprint density at radius 3 is 2.57 bits per heavy atom. The monoisotopic (exact) mass is 303 g/mol. The first-order valence-electron chi connectivity index (χ1n) is 5.90. The van der Waals surface area contributed by atoms with Crippen LogP contribution in [0, 0.1) is 10.1 Å². The zero-order chi connectivity index (χ0) is 15.2. The van der Waals surface area contributed by atoms with E-state index in [9.17, 15) is 14.9 Å². The van der Waals surface area contributed by atoms with Gasteiger partial charge < -0.3 is 0 Å². The van der Waals surface area contributed by atoms with E-state index in [1.54, 1.807) is 24.3 Å². The van der Waals surface area contributed by atoms with E-state index in [-0.39, 0.29) is 11.3 Å². The molecule has 106 valence electrons. The second-order valence-corrected chi connectivity index (χ2v) is 4.49. The molecule has 0 fully saturated rings. The average molecular weight is 304 g/mol.